The number of amides is 1. The third-order valence-corrected chi connectivity index (χ3v) is 4.93. The molecule has 1 saturated carbocycles. The summed E-state index contributed by atoms with van der Waals surface area (Å²) in [7, 11) is 0. The fourth-order valence-corrected chi connectivity index (χ4v) is 3.32. The van der Waals surface area contributed by atoms with Crippen LogP contribution in [0.3, 0.4) is 0 Å². The van der Waals surface area contributed by atoms with Crippen molar-refractivity contribution in [2.24, 2.45) is 16.5 Å². The summed E-state index contributed by atoms with van der Waals surface area (Å²) in [5.41, 5.74) is 12.2. The lowest BCUT2D eigenvalue weighted by atomic mass is 10.2. The lowest BCUT2D eigenvalue weighted by molar-refractivity contribution is -0.144. The van der Waals surface area contributed by atoms with Crippen molar-refractivity contribution in [1.82, 2.24) is 5.32 Å². The van der Waals surface area contributed by atoms with Crippen LogP contribution in [0.25, 0.3) is 6.08 Å². The highest BCUT2D eigenvalue weighted by atomic mass is 16.5. The van der Waals surface area contributed by atoms with Crippen LogP contribution in [0.1, 0.15) is 41.6 Å². The molecule has 0 bridgehead atoms. The molecule has 9 heteroatoms. The Morgan fingerprint density at radius 1 is 1.00 bits per heavy atom. The topological polar surface area (TPSA) is 146 Å². The Bertz CT molecular complexity index is 1040. The molecule has 1 fully saturated rings. The minimum atomic E-state index is -0.615. The van der Waals surface area contributed by atoms with E-state index in [2.05, 4.69) is 10.3 Å². The highest BCUT2D eigenvalue weighted by molar-refractivity contribution is 5.92. The molecule has 5 N–H and O–H groups in total. The number of aliphatic imine (C=N–C) groups is 1. The Morgan fingerprint density at radius 3 is 2.30 bits per heavy atom. The average molecular weight is 450 g/mol. The quantitative estimate of drug-likeness (QED) is 0.184. The fourth-order valence-electron chi connectivity index (χ4n) is 3.32. The van der Waals surface area contributed by atoms with Gasteiger partial charge in [-0.05, 0) is 60.9 Å². The Morgan fingerprint density at radius 2 is 1.67 bits per heavy atom. The Hall–Kier alpha value is -4.14. The maximum absolute atomic E-state index is 12.3. The van der Waals surface area contributed by atoms with Crippen LogP contribution in [0.5, 0.6) is 5.75 Å². The zero-order chi connectivity index (χ0) is 23.6. The zero-order valence-corrected chi connectivity index (χ0v) is 18.0. The van der Waals surface area contributed by atoms with Crippen molar-refractivity contribution in [3.63, 3.8) is 0 Å². The molecule has 2 aromatic carbocycles. The van der Waals surface area contributed by atoms with Gasteiger partial charge in [0.25, 0.3) is 5.91 Å². The predicted molar refractivity (Wildman–Crippen MR) is 124 cm³/mol. The molecule has 0 atom stereocenters. The number of benzene rings is 2. The van der Waals surface area contributed by atoms with E-state index in [0.29, 0.717) is 22.6 Å². The number of nitrogens with one attached hydrogen (secondary N) is 1. The highest BCUT2D eigenvalue weighted by Gasteiger charge is 2.17. The van der Waals surface area contributed by atoms with Gasteiger partial charge in [-0.15, -0.1) is 0 Å². The first-order valence-electron chi connectivity index (χ1n) is 10.6. The van der Waals surface area contributed by atoms with E-state index < -0.39 is 11.9 Å². The second-order valence-electron chi connectivity index (χ2n) is 7.53. The normalized spacial score (nSPS) is 13.5. The monoisotopic (exact) mass is 450 g/mol. The molecule has 0 aliphatic heterocycles. The summed E-state index contributed by atoms with van der Waals surface area (Å²) in [4.78, 5) is 39.8. The molecule has 0 heterocycles. The molecule has 0 saturated heterocycles. The van der Waals surface area contributed by atoms with E-state index in [1.807, 2.05) is 0 Å². The van der Waals surface area contributed by atoms with Gasteiger partial charge in [-0.25, -0.2) is 14.6 Å². The van der Waals surface area contributed by atoms with Crippen molar-refractivity contribution in [2.75, 3.05) is 6.61 Å². The molecule has 1 amide bonds. The Labute approximate surface area is 191 Å². The molecule has 1 aliphatic rings. The van der Waals surface area contributed by atoms with Crippen molar-refractivity contribution in [1.29, 1.82) is 0 Å². The van der Waals surface area contributed by atoms with Crippen LogP contribution in [0.15, 0.2) is 59.6 Å². The Balaban J connectivity index is 1.45. The van der Waals surface area contributed by atoms with Crippen molar-refractivity contribution >= 4 is 35.6 Å². The van der Waals surface area contributed by atoms with Crippen LogP contribution in [0, 0.1) is 0 Å². The molecule has 0 unspecified atom stereocenters. The maximum Gasteiger partial charge on any atom is 0.343 e. The Kier molecular flexibility index (Phi) is 8.18. The standard InChI is InChI=1S/C24H26N4O5/c25-24(26)28-19-10-8-17(9-11-19)23(31)33-20-12-5-16(6-13-20)7-14-22(30)32-15-21(29)27-18-3-1-2-4-18/h5-14,18H,1-4,15H2,(H,27,29)(H4,25,26,28)/b14-7+. The lowest BCUT2D eigenvalue weighted by Gasteiger charge is -2.11. The van der Waals surface area contributed by atoms with Crippen LogP contribution >= 0.6 is 0 Å². The van der Waals surface area contributed by atoms with Crippen molar-refractivity contribution in [2.45, 2.75) is 31.7 Å². The number of ether oxygens (including phenoxy) is 2. The van der Waals surface area contributed by atoms with E-state index in [4.69, 9.17) is 20.9 Å². The number of hydrogen-bond donors (Lipinski definition) is 3. The molecule has 3 rings (SSSR count). The largest absolute Gasteiger partial charge is 0.452 e. The van der Waals surface area contributed by atoms with E-state index in [1.165, 1.54) is 6.08 Å². The van der Waals surface area contributed by atoms with Gasteiger partial charge in [-0.2, -0.15) is 0 Å². The minimum absolute atomic E-state index is 0.0717. The number of carbonyl (C=O) groups excluding carboxylic acids is 3. The number of guanidine groups is 1. The van der Waals surface area contributed by atoms with E-state index in [0.717, 1.165) is 25.7 Å². The van der Waals surface area contributed by atoms with E-state index in [-0.39, 0.29) is 24.5 Å². The van der Waals surface area contributed by atoms with Crippen LogP contribution < -0.4 is 21.5 Å². The van der Waals surface area contributed by atoms with Crippen LogP contribution in [-0.4, -0.2) is 36.5 Å². The summed E-state index contributed by atoms with van der Waals surface area (Å²) in [6, 6.07) is 13.1. The van der Waals surface area contributed by atoms with Gasteiger partial charge in [0.05, 0.1) is 11.3 Å². The number of nitrogens with two attached hydrogens (primary N) is 2. The van der Waals surface area contributed by atoms with Crippen molar-refractivity contribution < 1.29 is 23.9 Å². The second-order valence-corrected chi connectivity index (χ2v) is 7.53. The van der Waals surface area contributed by atoms with Gasteiger partial charge in [0.2, 0.25) is 0 Å². The molecule has 9 nitrogen and oxygen atoms in total. The van der Waals surface area contributed by atoms with Crippen molar-refractivity contribution in [3.8, 4) is 5.75 Å². The lowest BCUT2D eigenvalue weighted by Crippen LogP contribution is -2.35. The van der Waals surface area contributed by atoms with Gasteiger partial charge in [-0.3, -0.25) is 4.79 Å². The molecule has 172 valence electrons. The zero-order valence-electron chi connectivity index (χ0n) is 18.0. The van der Waals surface area contributed by atoms with Crippen LogP contribution in [0.4, 0.5) is 5.69 Å². The van der Waals surface area contributed by atoms with Gasteiger partial charge < -0.3 is 26.3 Å². The average Bonchev–Trinajstić information content (AvgIpc) is 3.30. The van der Waals surface area contributed by atoms with Gasteiger partial charge >= 0.3 is 11.9 Å². The smallest absolute Gasteiger partial charge is 0.343 e. The van der Waals surface area contributed by atoms with Crippen molar-refractivity contribution in [3.05, 3.63) is 65.7 Å². The molecule has 0 aromatic heterocycles. The second kappa shape index (κ2) is 11.5. The molecular weight excluding hydrogens is 424 g/mol. The number of nitrogens with zero attached hydrogens (tertiary/aromatic N) is 1. The summed E-state index contributed by atoms with van der Waals surface area (Å²) in [5.74, 6) is -1.17. The SMILES string of the molecule is NC(N)=Nc1ccc(C(=O)Oc2ccc(/C=C/C(=O)OCC(=O)NC3CCCC3)cc2)cc1. The summed E-state index contributed by atoms with van der Waals surface area (Å²) >= 11 is 0. The van der Waals surface area contributed by atoms with Gasteiger partial charge in [0, 0.05) is 12.1 Å². The first-order valence-corrected chi connectivity index (χ1v) is 10.6. The summed E-state index contributed by atoms with van der Waals surface area (Å²) in [6.45, 7) is -0.304. The molecule has 33 heavy (non-hydrogen) atoms. The first kappa shape index (κ1) is 23.5. The number of rotatable bonds is 8. The molecule has 2 aromatic rings. The molecular formula is C24H26N4O5. The van der Waals surface area contributed by atoms with Crippen LogP contribution in [0.2, 0.25) is 0 Å². The number of hydrogen-bond acceptors (Lipinski definition) is 6. The summed E-state index contributed by atoms with van der Waals surface area (Å²) < 4.78 is 10.3. The molecule has 0 radical (unpaired) electrons. The first-order chi connectivity index (χ1) is 15.9. The van der Waals surface area contributed by atoms with E-state index >= 15 is 0 Å². The van der Waals surface area contributed by atoms with E-state index in [9.17, 15) is 14.4 Å². The summed E-state index contributed by atoms with van der Waals surface area (Å²) in [5, 5.41) is 2.85. The van der Waals surface area contributed by atoms with E-state index in [1.54, 1.807) is 54.6 Å². The van der Waals surface area contributed by atoms with Gasteiger partial charge in [0.15, 0.2) is 12.6 Å². The number of carbonyl (C=O) groups is 3. The summed E-state index contributed by atoms with van der Waals surface area (Å²) in [6.07, 6.45) is 6.94. The van der Waals surface area contributed by atoms with Gasteiger partial charge in [-0.1, -0.05) is 25.0 Å². The third-order valence-electron chi connectivity index (χ3n) is 4.93. The van der Waals surface area contributed by atoms with Crippen LogP contribution in [-0.2, 0) is 14.3 Å². The number of esters is 2. The highest BCUT2D eigenvalue weighted by Crippen LogP contribution is 2.18. The third kappa shape index (κ3) is 7.80. The molecule has 1 aliphatic carbocycles. The minimum Gasteiger partial charge on any atom is -0.452 e. The molecule has 0 spiro atoms. The maximum atomic E-state index is 12.3. The van der Waals surface area contributed by atoms with Gasteiger partial charge in [0.1, 0.15) is 5.75 Å². The fraction of sp³-hybridized carbons (Fsp3) is 0.250. The predicted octanol–water partition coefficient (Wildman–Crippen LogP) is 2.43.